The lowest BCUT2D eigenvalue weighted by Gasteiger charge is -2.10. The summed E-state index contributed by atoms with van der Waals surface area (Å²) >= 11 is 0. The molecule has 1 unspecified atom stereocenters. The van der Waals surface area contributed by atoms with Crippen LogP contribution in [0.3, 0.4) is 0 Å². The standard InChI is InChI=1S/C14H21N5/c1-10(2)19-13(16-9-17-19)8-18-6-5-12(7-18)14(15)11-3-4-11/h5-7,9-11,14H,3-4,8,15H2,1-2H3. The molecule has 5 nitrogen and oxygen atoms in total. The normalized spacial score (nSPS) is 17.1. The van der Waals surface area contributed by atoms with Crippen LogP contribution in [0.1, 0.15) is 50.2 Å². The number of nitrogens with zero attached hydrogens (tertiary/aromatic N) is 4. The van der Waals surface area contributed by atoms with Gasteiger partial charge in [-0.3, -0.25) is 0 Å². The van der Waals surface area contributed by atoms with Gasteiger partial charge in [0.05, 0.1) is 6.54 Å². The molecule has 0 aromatic carbocycles. The van der Waals surface area contributed by atoms with Crippen molar-refractivity contribution in [1.29, 1.82) is 0 Å². The van der Waals surface area contributed by atoms with Crippen molar-refractivity contribution in [2.24, 2.45) is 11.7 Å². The Balaban J connectivity index is 1.74. The van der Waals surface area contributed by atoms with Gasteiger partial charge in [-0.25, -0.2) is 9.67 Å². The van der Waals surface area contributed by atoms with E-state index in [4.69, 9.17) is 5.73 Å². The molecule has 0 amide bonds. The Morgan fingerprint density at radius 3 is 2.89 bits per heavy atom. The van der Waals surface area contributed by atoms with E-state index in [9.17, 15) is 0 Å². The number of hydrogen-bond donors (Lipinski definition) is 1. The highest BCUT2D eigenvalue weighted by molar-refractivity contribution is 5.18. The van der Waals surface area contributed by atoms with Gasteiger partial charge >= 0.3 is 0 Å². The fraction of sp³-hybridized carbons (Fsp3) is 0.571. The van der Waals surface area contributed by atoms with E-state index in [1.165, 1.54) is 18.4 Å². The van der Waals surface area contributed by atoms with Crippen molar-refractivity contribution in [3.63, 3.8) is 0 Å². The van der Waals surface area contributed by atoms with E-state index in [1.54, 1.807) is 6.33 Å². The zero-order chi connectivity index (χ0) is 13.4. The first-order valence-electron chi connectivity index (χ1n) is 6.95. The largest absolute Gasteiger partial charge is 0.346 e. The summed E-state index contributed by atoms with van der Waals surface area (Å²) in [5, 5.41) is 4.26. The van der Waals surface area contributed by atoms with Crippen LogP contribution in [0, 0.1) is 5.92 Å². The third kappa shape index (κ3) is 2.56. The molecule has 1 fully saturated rings. The molecule has 3 rings (SSSR count). The van der Waals surface area contributed by atoms with Gasteiger partial charge in [0.2, 0.25) is 0 Å². The second kappa shape index (κ2) is 4.81. The maximum Gasteiger partial charge on any atom is 0.147 e. The molecular formula is C14H21N5. The minimum absolute atomic E-state index is 0.198. The molecule has 0 bridgehead atoms. The molecule has 1 saturated carbocycles. The smallest absolute Gasteiger partial charge is 0.147 e. The van der Waals surface area contributed by atoms with Gasteiger partial charge in [0.25, 0.3) is 0 Å². The molecular weight excluding hydrogens is 238 g/mol. The maximum absolute atomic E-state index is 6.22. The van der Waals surface area contributed by atoms with Crippen LogP contribution in [-0.4, -0.2) is 19.3 Å². The molecule has 2 N–H and O–H groups in total. The summed E-state index contributed by atoms with van der Waals surface area (Å²) in [5.41, 5.74) is 7.45. The summed E-state index contributed by atoms with van der Waals surface area (Å²) < 4.78 is 4.10. The lowest BCUT2D eigenvalue weighted by Crippen LogP contribution is -2.12. The monoisotopic (exact) mass is 259 g/mol. The zero-order valence-electron chi connectivity index (χ0n) is 11.5. The molecule has 1 atom stereocenters. The Kier molecular flexibility index (Phi) is 3.14. The van der Waals surface area contributed by atoms with Crippen molar-refractivity contribution in [3.8, 4) is 0 Å². The highest BCUT2D eigenvalue weighted by atomic mass is 15.4. The predicted octanol–water partition coefficient (Wildman–Crippen LogP) is 2.12. The van der Waals surface area contributed by atoms with Crippen LogP contribution in [0.4, 0.5) is 0 Å². The van der Waals surface area contributed by atoms with Gasteiger partial charge in [-0.05, 0) is 44.2 Å². The van der Waals surface area contributed by atoms with Crippen molar-refractivity contribution in [2.75, 3.05) is 0 Å². The van der Waals surface area contributed by atoms with E-state index in [0.717, 1.165) is 12.4 Å². The highest BCUT2D eigenvalue weighted by Gasteiger charge is 2.29. The van der Waals surface area contributed by atoms with Crippen LogP contribution in [0.15, 0.2) is 24.8 Å². The van der Waals surface area contributed by atoms with Gasteiger partial charge in [0.1, 0.15) is 12.2 Å². The number of rotatable bonds is 5. The summed E-state index contributed by atoms with van der Waals surface area (Å²) in [5.74, 6) is 1.67. The Morgan fingerprint density at radius 2 is 2.21 bits per heavy atom. The molecule has 1 aliphatic carbocycles. The molecule has 5 heteroatoms. The van der Waals surface area contributed by atoms with Gasteiger partial charge in [-0.1, -0.05) is 0 Å². The Bertz CT molecular complexity index is 550. The molecule has 102 valence electrons. The van der Waals surface area contributed by atoms with Gasteiger partial charge < -0.3 is 10.3 Å². The molecule has 0 saturated heterocycles. The molecule has 0 radical (unpaired) electrons. The lowest BCUT2D eigenvalue weighted by molar-refractivity contribution is 0.496. The molecule has 1 aliphatic rings. The molecule has 0 spiro atoms. The van der Waals surface area contributed by atoms with Gasteiger partial charge in [0, 0.05) is 24.5 Å². The summed E-state index contributed by atoms with van der Waals surface area (Å²) in [4.78, 5) is 4.33. The van der Waals surface area contributed by atoms with Gasteiger partial charge in [-0.2, -0.15) is 5.10 Å². The van der Waals surface area contributed by atoms with Crippen LogP contribution in [0.25, 0.3) is 0 Å². The van der Waals surface area contributed by atoms with E-state index >= 15 is 0 Å². The first kappa shape index (κ1) is 12.4. The SMILES string of the molecule is CC(C)n1ncnc1Cn1ccc(C(N)C2CC2)c1. The number of hydrogen-bond acceptors (Lipinski definition) is 3. The zero-order valence-corrected chi connectivity index (χ0v) is 11.5. The van der Waals surface area contributed by atoms with Crippen molar-refractivity contribution in [2.45, 2.75) is 45.3 Å². The van der Waals surface area contributed by atoms with Crippen LogP contribution < -0.4 is 5.73 Å². The molecule has 19 heavy (non-hydrogen) atoms. The first-order chi connectivity index (χ1) is 9.15. The lowest BCUT2D eigenvalue weighted by atomic mass is 10.1. The fourth-order valence-corrected chi connectivity index (χ4v) is 2.46. The summed E-state index contributed by atoms with van der Waals surface area (Å²) in [6, 6.07) is 2.66. The van der Waals surface area contributed by atoms with Crippen LogP contribution in [0.2, 0.25) is 0 Å². The summed E-state index contributed by atoms with van der Waals surface area (Å²) in [6.07, 6.45) is 8.39. The average molecular weight is 259 g/mol. The van der Waals surface area contributed by atoms with Crippen molar-refractivity contribution in [1.82, 2.24) is 19.3 Å². The minimum Gasteiger partial charge on any atom is -0.346 e. The van der Waals surface area contributed by atoms with Crippen molar-refractivity contribution in [3.05, 3.63) is 36.2 Å². The maximum atomic E-state index is 6.22. The first-order valence-corrected chi connectivity index (χ1v) is 6.95. The third-order valence-corrected chi connectivity index (χ3v) is 3.75. The van der Waals surface area contributed by atoms with Crippen molar-refractivity contribution < 1.29 is 0 Å². The number of nitrogens with two attached hydrogens (primary N) is 1. The Morgan fingerprint density at radius 1 is 1.42 bits per heavy atom. The van der Waals surface area contributed by atoms with Crippen LogP contribution >= 0.6 is 0 Å². The number of aromatic nitrogens is 4. The summed E-state index contributed by atoms with van der Waals surface area (Å²) in [7, 11) is 0. The predicted molar refractivity (Wildman–Crippen MR) is 73.6 cm³/mol. The van der Waals surface area contributed by atoms with E-state index < -0.39 is 0 Å². The molecule has 2 aromatic rings. The van der Waals surface area contributed by atoms with Crippen LogP contribution in [-0.2, 0) is 6.54 Å². The second-order valence-corrected chi connectivity index (χ2v) is 5.69. The molecule has 2 heterocycles. The minimum atomic E-state index is 0.198. The Labute approximate surface area is 113 Å². The third-order valence-electron chi connectivity index (χ3n) is 3.75. The second-order valence-electron chi connectivity index (χ2n) is 5.69. The van der Waals surface area contributed by atoms with E-state index in [-0.39, 0.29) is 6.04 Å². The van der Waals surface area contributed by atoms with E-state index in [1.807, 2.05) is 4.68 Å². The summed E-state index contributed by atoms with van der Waals surface area (Å²) in [6.45, 7) is 4.97. The molecule has 2 aromatic heterocycles. The topological polar surface area (TPSA) is 61.7 Å². The van der Waals surface area contributed by atoms with E-state index in [2.05, 4.69) is 47.0 Å². The highest BCUT2D eigenvalue weighted by Crippen LogP contribution is 2.39. The molecule has 0 aliphatic heterocycles. The average Bonchev–Trinajstić information content (AvgIpc) is 2.94. The van der Waals surface area contributed by atoms with Crippen LogP contribution in [0.5, 0.6) is 0 Å². The van der Waals surface area contributed by atoms with Gasteiger partial charge in [0.15, 0.2) is 0 Å². The fourth-order valence-electron chi connectivity index (χ4n) is 2.46. The van der Waals surface area contributed by atoms with Crippen molar-refractivity contribution >= 4 is 0 Å². The van der Waals surface area contributed by atoms with E-state index in [0.29, 0.717) is 12.0 Å². The Hall–Kier alpha value is -1.62. The van der Waals surface area contributed by atoms with Gasteiger partial charge in [-0.15, -0.1) is 0 Å². The quantitative estimate of drug-likeness (QED) is 0.894.